The van der Waals surface area contributed by atoms with E-state index in [2.05, 4.69) is 21.8 Å². The van der Waals surface area contributed by atoms with Crippen molar-refractivity contribution in [3.8, 4) is 11.3 Å². The third kappa shape index (κ3) is 5.27. The summed E-state index contributed by atoms with van der Waals surface area (Å²) in [7, 11) is 0. The highest BCUT2D eigenvalue weighted by molar-refractivity contribution is 7.90. The maximum atomic E-state index is 13.1. The van der Waals surface area contributed by atoms with Crippen LogP contribution in [0.1, 0.15) is 55.8 Å². The summed E-state index contributed by atoms with van der Waals surface area (Å²) in [4.78, 5) is 5.58. The molecule has 3 atom stereocenters. The number of aliphatic hydroxyl groups is 1. The van der Waals surface area contributed by atoms with E-state index in [1.54, 1.807) is 24.5 Å². The third-order valence-corrected chi connectivity index (χ3v) is 8.54. The van der Waals surface area contributed by atoms with Gasteiger partial charge in [-0.15, -0.1) is 16.1 Å². The number of benzene rings is 2. The molecule has 0 aliphatic carbocycles. The predicted octanol–water partition coefficient (Wildman–Crippen LogP) is 6.81. The molecular weight excluding hydrogens is 472 g/mol. The van der Waals surface area contributed by atoms with Crippen molar-refractivity contribution >= 4 is 44.4 Å². The van der Waals surface area contributed by atoms with Gasteiger partial charge >= 0.3 is 0 Å². The van der Waals surface area contributed by atoms with Gasteiger partial charge in [0.25, 0.3) is 0 Å². The van der Waals surface area contributed by atoms with E-state index in [-0.39, 0.29) is 6.04 Å². The van der Waals surface area contributed by atoms with E-state index < -0.39 is 22.2 Å². The molecule has 0 saturated heterocycles. The molecule has 2 heterocycles. The average Bonchev–Trinajstić information content (AvgIpc) is 3.21. The molecular formula is C26H27ClN2O2S2. The van der Waals surface area contributed by atoms with E-state index in [0.717, 1.165) is 37.3 Å². The van der Waals surface area contributed by atoms with Crippen molar-refractivity contribution in [3.05, 3.63) is 87.9 Å². The van der Waals surface area contributed by atoms with Gasteiger partial charge in [-0.25, -0.2) is 0 Å². The highest BCUT2D eigenvalue weighted by Gasteiger charge is 2.32. The largest absolute Gasteiger partial charge is 0.598 e. The van der Waals surface area contributed by atoms with Gasteiger partial charge in [0.15, 0.2) is 0 Å². The van der Waals surface area contributed by atoms with Gasteiger partial charge in [-0.3, -0.25) is 4.98 Å². The van der Waals surface area contributed by atoms with Crippen molar-refractivity contribution in [3.63, 3.8) is 0 Å². The molecule has 0 amide bonds. The van der Waals surface area contributed by atoms with E-state index in [1.165, 1.54) is 0 Å². The van der Waals surface area contributed by atoms with Crippen LogP contribution in [0.25, 0.3) is 21.3 Å². The third-order valence-electron chi connectivity index (χ3n) is 5.39. The normalized spacial score (nSPS) is 14.9. The SMILES string of the molecule is CC(O)c1ccnc(-c2cccc3cc(C(N[S+]([O-])C(C)(C)C)c4ccccc4Cl)sc23)c1. The van der Waals surface area contributed by atoms with E-state index in [9.17, 15) is 9.66 Å². The first-order valence-corrected chi connectivity index (χ1v) is 13.1. The van der Waals surface area contributed by atoms with Gasteiger partial charge in [-0.1, -0.05) is 48.0 Å². The maximum absolute atomic E-state index is 13.1. The summed E-state index contributed by atoms with van der Waals surface area (Å²) < 4.78 is 17.1. The van der Waals surface area contributed by atoms with Gasteiger partial charge in [0, 0.05) is 37.7 Å². The van der Waals surface area contributed by atoms with Crippen LogP contribution in [-0.4, -0.2) is 19.4 Å². The Balaban J connectivity index is 1.84. The topological polar surface area (TPSA) is 68.2 Å². The smallest absolute Gasteiger partial charge is 0.136 e. The van der Waals surface area contributed by atoms with Crippen LogP contribution >= 0.6 is 22.9 Å². The quantitative estimate of drug-likeness (QED) is 0.286. The Morgan fingerprint density at radius 3 is 2.55 bits per heavy atom. The summed E-state index contributed by atoms with van der Waals surface area (Å²) in [5.74, 6) is 0. The van der Waals surface area contributed by atoms with Crippen LogP contribution in [0, 0.1) is 0 Å². The number of rotatable bonds is 6. The predicted molar refractivity (Wildman–Crippen MR) is 140 cm³/mol. The molecule has 172 valence electrons. The number of nitrogens with one attached hydrogen (secondary N) is 1. The zero-order valence-electron chi connectivity index (χ0n) is 19.0. The number of fused-ring (bicyclic) bond motifs is 1. The fourth-order valence-electron chi connectivity index (χ4n) is 3.55. The average molecular weight is 499 g/mol. The van der Waals surface area contributed by atoms with Crippen molar-refractivity contribution in [2.45, 2.75) is 44.6 Å². The van der Waals surface area contributed by atoms with Gasteiger partial charge in [0.2, 0.25) is 0 Å². The molecule has 4 aromatic rings. The van der Waals surface area contributed by atoms with Crippen molar-refractivity contribution in [2.75, 3.05) is 0 Å². The minimum Gasteiger partial charge on any atom is -0.598 e. The van der Waals surface area contributed by atoms with Crippen LogP contribution in [0.4, 0.5) is 0 Å². The second-order valence-electron chi connectivity index (χ2n) is 8.98. The molecule has 2 aromatic carbocycles. The highest BCUT2D eigenvalue weighted by Crippen LogP contribution is 2.40. The number of thiophene rings is 1. The number of hydrogen-bond donors (Lipinski definition) is 2. The summed E-state index contributed by atoms with van der Waals surface area (Å²) in [5.41, 5.74) is 3.53. The van der Waals surface area contributed by atoms with Crippen molar-refractivity contribution in [1.82, 2.24) is 9.71 Å². The van der Waals surface area contributed by atoms with E-state index in [4.69, 9.17) is 11.6 Å². The summed E-state index contributed by atoms with van der Waals surface area (Å²) in [6.07, 6.45) is 1.16. The zero-order valence-corrected chi connectivity index (χ0v) is 21.4. The fourth-order valence-corrected chi connectivity index (χ4v) is 5.94. The van der Waals surface area contributed by atoms with Crippen LogP contribution in [0.5, 0.6) is 0 Å². The molecule has 4 rings (SSSR count). The van der Waals surface area contributed by atoms with E-state index in [0.29, 0.717) is 5.02 Å². The molecule has 0 spiro atoms. The van der Waals surface area contributed by atoms with Crippen molar-refractivity contribution in [1.29, 1.82) is 0 Å². The Morgan fingerprint density at radius 2 is 1.85 bits per heavy atom. The molecule has 2 aromatic heterocycles. The minimum absolute atomic E-state index is 0.319. The van der Waals surface area contributed by atoms with E-state index >= 15 is 0 Å². The van der Waals surface area contributed by atoms with Crippen molar-refractivity contribution in [2.24, 2.45) is 0 Å². The summed E-state index contributed by atoms with van der Waals surface area (Å²) >= 11 is 6.92. The second kappa shape index (κ2) is 9.74. The molecule has 0 aliphatic rings. The van der Waals surface area contributed by atoms with Gasteiger partial charge in [0.05, 0.1) is 11.8 Å². The van der Waals surface area contributed by atoms with Gasteiger partial charge in [0.1, 0.15) is 10.8 Å². The Labute approximate surface area is 207 Å². The minimum atomic E-state index is -1.29. The number of aliphatic hydroxyl groups excluding tert-OH is 1. The Morgan fingerprint density at radius 1 is 1.09 bits per heavy atom. The lowest BCUT2D eigenvalue weighted by atomic mass is 10.0. The maximum Gasteiger partial charge on any atom is 0.136 e. The number of hydrogen-bond acceptors (Lipinski definition) is 5. The molecule has 0 fully saturated rings. The van der Waals surface area contributed by atoms with Gasteiger partial charge in [-0.05, 0) is 68.5 Å². The molecule has 0 aliphatic heterocycles. The van der Waals surface area contributed by atoms with Gasteiger partial charge in [-0.2, -0.15) is 0 Å². The molecule has 3 unspecified atom stereocenters. The van der Waals surface area contributed by atoms with Gasteiger partial charge < -0.3 is 9.66 Å². The molecule has 4 nitrogen and oxygen atoms in total. The first-order chi connectivity index (χ1) is 15.6. The Kier molecular flexibility index (Phi) is 7.15. The lowest BCUT2D eigenvalue weighted by Gasteiger charge is -2.28. The fraction of sp³-hybridized carbons (Fsp3) is 0.269. The number of nitrogens with zero attached hydrogens (tertiary/aromatic N) is 1. The molecule has 2 N–H and O–H groups in total. The standard InChI is InChI=1S/C26H27ClN2O2S2/c1-16(30)17-12-13-28-22(14-17)20-10-7-8-18-15-23(32-25(18)20)24(29-33(31)26(2,3)4)19-9-5-6-11-21(19)27/h5-16,24,29-30H,1-4H3. The van der Waals surface area contributed by atoms with Crippen LogP contribution in [-0.2, 0) is 11.4 Å². The molecule has 0 radical (unpaired) electrons. The number of aromatic nitrogens is 1. The number of pyridine rings is 1. The monoisotopic (exact) mass is 498 g/mol. The first kappa shape index (κ1) is 24.2. The lowest BCUT2D eigenvalue weighted by Crippen LogP contribution is -2.41. The van der Waals surface area contributed by atoms with Crippen LogP contribution in [0.3, 0.4) is 0 Å². The molecule has 0 bridgehead atoms. The Bertz CT molecular complexity index is 1270. The second-order valence-corrected chi connectivity index (χ2v) is 12.5. The van der Waals surface area contributed by atoms with E-state index in [1.807, 2.05) is 69.3 Å². The Hall–Kier alpha value is -1.93. The summed E-state index contributed by atoms with van der Waals surface area (Å²) in [6, 6.07) is 19.4. The molecule has 33 heavy (non-hydrogen) atoms. The molecule has 0 saturated carbocycles. The lowest BCUT2D eigenvalue weighted by molar-refractivity contribution is 0.199. The first-order valence-electron chi connectivity index (χ1n) is 10.7. The molecule has 7 heteroatoms. The van der Waals surface area contributed by atoms with Crippen LogP contribution in [0.2, 0.25) is 5.02 Å². The summed E-state index contributed by atoms with van der Waals surface area (Å²) in [6.45, 7) is 7.59. The van der Waals surface area contributed by atoms with Crippen LogP contribution in [0.15, 0.2) is 66.9 Å². The zero-order chi connectivity index (χ0) is 23.8. The summed E-state index contributed by atoms with van der Waals surface area (Å²) in [5, 5.41) is 11.7. The van der Waals surface area contributed by atoms with Crippen LogP contribution < -0.4 is 4.72 Å². The number of halogens is 1. The van der Waals surface area contributed by atoms with Crippen molar-refractivity contribution < 1.29 is 9.66 Å². The highest BCUT2D eigenvalue weighted by atomic mass is 35.5.